The molecular weight excluding hydrogens is 251 g/mol. The lowest BCUT2D eigenvalue weighted by molar-refractivity contribution is 0.150. The maximum atomic E-state index is 12.3. The summed E-state index contributed by atoms with van der Waals surface area (Å²) in [4.78, 5) is 3.70. The largest absolute Gasteiger partial charge is 0.264 e. The molecule has 0 radical (unpaired) electrons. The number of alkyl halides is 3. The van der Waals surface area contributed by atoms with Crippen molar-refractivity contribution in [3.8, 4) is 0 Å². The van der Waals surface area contributed by atoms with Crippen molar-refractivity contribution in [2.45, 2.75) is 11.8 Å². The third kappa shape index (κ3) is 2.14. The van der Waals surface area contributed by atoms with Gasteiger partial charge >= 0.3 is 0 Å². The van der Waals surface area contributed by atoms with E-state index in [-0.39, 0.29) is 10.7 Å². The molecule has 1 heterocycles. The standard InChI is InChI=1S/C7H5BrClF2N/c8-2-4-3-12-6(9)1-5(4)7(10)11/h1,3,7H,2H2. The maximum absolute atomic E-state index is 12.3. The molecule has 0 saturated heterocycles. The highest BCUT2D eigenvalue weighted by atomic mass is 79.9. The lowest BCUT2D eigenvalue weighted by Gasteiger charge is -2.04. The summed E-state index contributed by atoms with van der Waals surface area (Å²) in [6.45, 7) is 0. The van der Waals surface area contributed by atoms with Crippen LogP contribution in [-0.4, -0.2) is 4.98 Å². The summed E-state index contributed by atoms with van der Waals surface area (Å²) in [5, 5.41) is 0.451. The summed E-state index contributed by atoms with van der Waals surface area (Å²) in [6.07, 6.45) is -1.16. The van der Waals surface area contributed by atoms with Crippen LogP contribution in [-0.2, 0) is 5.33 Å². The van der Waals surface area contributed by atoms with E-state index >= 15 is 0 Å². The zero-order chi connectivity index (χ0) is 9.14. The fourth-order valence-corrected chi connectivity index (χ4v) is 1.42. The Morgan fingerprint density at radius 1 is 1.58 bits per heavy atom. The lowest BCUT2D eigenvalue weighted by Crippen LogP contribution is -1.93. The molecule has 66 valence electrons. The predicted molar refractivity (Wildman–Crippen MR) is 46.8 cm³/mol. The first-order chi connectivity index (χ1) is 5.65. The van der Waals surface area contributed by atoms with Crippen LogP contribution in [0.15, 0.2) is 12.3 Å². The molecule has 0 aliphatic heterocycles. The topological polar surface area (TPSA) is 12.9 Å². The summed E-state index contributed by atoms with van der Waals surface area (Å²) in [5.74, 6) is 0. The molecule has 1 nitrogen and oxygen atoms in total. The van der Waals surface area contributed by atoms with Gasteiger partial charge in [-0.1, -0.05) is 27.5 Å². The van der Waals surface area contributed by atoms with Crippen molar-refractivity contribution in [1.29, 1.82) is 0 Å². The average molecular weight is 256 g/mol. The van der Waals surface area contributed by atoms with Gasteiger partial charge < -0.3 is 0 Å². The van der Waals surface area contributed by atoms with Crippen molar-refractivity contribution in [2.75, 3.05) is 0 Å². The molecule has 0 spiro atoms. The highest BCUT2D eigenvalue weighted by Gasteiger charge is 2.12. The second-order valence-corrected chi connectivity index (χ2v) is 3.09. The maximum Gasteiger partial charge on any atom is 0.264 e. The Hall–Kier alpha value is -0.220. The summed E-state index contributed by atoms with van der Waals surface area (Å²) in [5.41, 5.74) is 0.404. The Kier molecular flexibility index (Phi) is 3.40. The monoisotopic (exact) mass is 255 g/mol. The van der Waals surface area contributed by atoms with Crippen molar-refractivity contribution in [1.82, 2.24) is 4.98 Å². The fourth-order valence-electron chi connectivity index (χ4n) is 0.787. The minimum Gasteiger partial charge on any atom is -0.244 e. The van der Waals surface area contributed by atoms with E-state index < -0.39 is 6.43 Å². The first kappa shape index (κ1) is 9.86. The van der Waals surface area contributed by atoms with Gasteiger partial charge in [0.2, 0.25) is 0 Å². The van der Waals surface area contributed by atoms with Crippen LogP contribution in [0.1, 0.15) is 17.6 Å². The number of hydrogen-bond acceptors (Lipinski definition) is 1. The van der Waals surface area contributed by atoms with Crippen LogP contribution in [0.2, 0.25) is 5.15 Å². The summed E-state index contributed by atoms with van der Waals surface area (Å²) in [7, 11) is 0. The molecule has 12 heavy (non-hydrogen) atoms. The first-order valence-electron chi connectivity index (χ1n) is 3.13. The van der Waals surface area contributed by atoms with Crippen molar-refractivity contribution in [3.05, 3.63) is 28.5 Å². The molecule has 0 atom stereocenters. The third-order valence-electron chi connectivity index (χ3n) is 1.37. The van der Waals surface area contributed by atoms with Crippen LogP contribution >= 0.6 is 27.5 Å². The Bertz CT molecular complexity index is 280. The highest BCUT2D eigenvalue weighted by Crippen LogP contribution is 2.25. The normalized spacial score (nSPS) is 10.8. The molecule has 0 N–H and O–H groups in total. The van der Waals surface area contributed by atoms with Gasteiger partial charge in [-0.05, 0) is 11.6 Å². The number of hydrogen-bond donors (Lipinski definition) is 0. The van der Waals surface area contributed by atoms with E-state index in [1.54, 1.807) is 0 Å². The van der Waals surface area contributed by atoms with Gasteiger partial charge in [-0.2, -0.15) is 0 Å². The Balaban J connectivity index is 3.12. The van der Waals surface area contributed by atoms with Gasteiger partial charge in [0.05, 0.1) is 0 Å². The van der Waals surface area contributed by atoms with E-state index in [0.717, 1.165) is 0 Å². The van der Waals surface area contributed by atoms with E-state index in [4.69, 9.17) is 11.6 Å². The molecule has 1 aromatic rings. The van der Waals surface area contributed by atoms with Crippen LogP contribution in [0, 0.1) is 0 Å². The second-order valence-electron chi connectivity index (χ2n) is 2.14. The van der Waals surface area contributed by atoms with Crippen molar-refractivity contribution >= 4 is 27.5 Å². The number of halogens is 4. The SMILES string of the molecule is FC(F)c1cc(Cl)ncc1CBr. The van der Waals surface area contributed by atoms with Crippen LogP contribution in [0.4, 0.5) is 8.78 Å². The minimum absolute atomic E-state index is 0.0631. The summed E-state index contributed by atoms with van der Waals surface area (Å²) in [6, 6.07) is 1.18. The molecule has 0 aliphatic carbocycles. The molecule has 0 bridgehead atoms. The molecule has 0 aromatic carbocycles. The molecule has 0 saturated carbocycles. The summed E-state index contributed by atoms with van der Waals surface area (Å²) < 4.78 is 24.6. The van der Waals surface area contributed by atoms with Gasteiger partial charge in [0.1, 0.15) is 5.15 Å². The molecular formula is C7H5BrClF2N. The smallest absolute Gasteiger partial charge is 0.244 e. The van der Waals surface area contributed by atoms with Gasteiger partial charge in [-0.15, -0.1) is 0 Å². The third-order valence-corrected chi connectivity index (χ3v) is 2.18. The summed E-state index contributed by atoms with van der Waals surface area (Å²) >= 11 is 8.54. The molecule has 1 aromatic heterocycles. The molecule has 5 heteroatoms. The van der Waals surface area contributed by atoms with E-state index in [9.17, 15) is 8.78 Å². The van der Waals surface area contributed by atoms with Gasteiger partial charge in [0.25, 0.3) is 6.43 Å². The van der Waals surface area contributed by atoms with E-state index in [1.165, 1.54) is 12.3 Å². The van der Waals surface area contributed by atoms with E-state index in [1.807, 2.05) is 0 Å². The van der Waals surface area contributed by atoms with Gasteiger partial charge in [0.15, 0.2) is 0 Å². The fraction of sp³-hybridized carbons (Fsp3) is 0.286. The quantitative estimate of drug-likeness (QED) is 0.582. The number of pyridine rings is 1. The van der Waals surface area contributed by atoms with Gasteiger partial charge in [-0.25, -0.2) is 13.8 Å². The van der Waals surface area contributed by atoms with Crippen molar-refractivity contribution in [3.63, 3.8) is 0 Å². The molecule has 0 amide bonds. The average Bonchev–Trinajstić information content (AvgIpc) is 2.04. The zero-order valence-corrected chi connectivity index (χ0v) is 8.24. The van der Waals surface area contributed by atoms with Gasteiger partial charge in [-0.3, -0.25) is 0 Å². The van der Waals surface area contributed by atoms with E-state index in [0.29, 0.717) is 10.9 Å². The molecule has 0 fully saturated rings. The lowest BCUT2D eigenvalue weighted by atomic mass is 10.2. The Morgan fingerprint density at radius 3 is 2.75 bits per heavy atom. The van der Waals surface area contributed by atoms with Gasteiger partial charge in [0, 0.05) is 17.1 Å². The van der Waals surface area contributed by atoms with Crippen LogP contribution in [0.3, 0.4) is 0 Å². The number of nitrogens with zero attached hydrogens (tertiary/aromatic N) is 1. The highest BCUT2D eigenvalue weighted by molar-refractivity contribution is 9.08. The Morgan fingerprint density at radius 2 is 2.25 bits per heavy atom. The number of aromatic nitrogens is 1. The molecule has 1 rings (SSSR count). The van der Waals surface area contributed by atoms with E-state index in [2.05, 4.69) is 20.9 Å². The van der Waals surface area contributed by atoms with Crippen molar-refractivity contribution < 1.29 is 8.78 Å². The van der Waals surface area contributed by atoms with Crippen LogP contribution < -0.4 is 0 Å². The van der Waals surface area contributed by atoms with Crippen LogP contribution in [0.25, 0.3) is 0 Å². The molecule has 0 aliphatic rings. The van der Waals surface area contributed by atoms with Crippen molar-refractivity contribution in [2.24, 2.45) is 0 Å². The number of rotatable bonds is 2. The molecule has 0 unspecified atom stereocenters. The Labute approximate surface area is 81.9 Å². The zero-order valence-electron chi connectivity index (χ0n) is 5.90. The predicted octanol–water partition coefficient (Wildman–Crippen LogP) is 3.57. The van der Waals surface area contributed by atoms with Crippen LogP contribution in [0.5, 0.6) is 0 Å². The first-order valence-corrected chi connectivity index (χ1v) is 4.63. The second kappa shape index (κ2) is 4.14. The minimum atomic E-state index is -2.50.